The van der Waals surface area contributed by atoms with Gasteiger partial charge in [-0.1, -0.05) is 91.0 Å². The number of ether oxygens (including phenoxy) is 1. The monoisotopic (exact) mass is 414 g/mol. The summed E-state index contributed by atoms with van der Waals surface area (Å²) >= 11 is 0. The first-order chi connectivity index (χ1) is 15.2. The van der Waals surface area contributed by atoms with E-state index in [0.717, 1.165) is 16.7 Å². The number of piperazine rings is 1. The number of amides is 2. The molecule has 1 aliphatic heterocycles. The van der Waals surface area contributed by atoms with Gasteiger partial charge in [-0.05, 0) is 16.7 Å². The highest BCUT2D eigenvalue weighted by Gasteiger charge is 2.38. The molecular weight excluding hydrogens is 388 g/mol. The third kappa shape index (κ3) is 5.31. The van der Waals surface area contributed by atoms with Gasteiger partial charge in [0.2, 0.25) is 5.91 Å². The van der Waals surface area contributed by atoms with Crippen LogP contribution in [-0.4, -0.2) is 40.9 Å². The molecule has 1 saturated heterocycles. The minimum Gasteiger partial charge on any atom is -0.445 e. The second kappa shape index (κ2) is 9.94. The maximum atomic E-state index is 13.4. The van der Waals surface area contributed by atoms with Crippen LogP contribution in [0.25, 0.3) is 0 Å². The molecule has 5 nitrogen and oxygen atoms in total. The van der Waals surface area contributed by atoms with Crippen molar-refractivity contribution in [3.63, 3.8) is 0 Å². The molecule has 0 aliphatic carbocycles. The topological polar surface area (TPSA) is 49.9 Å². The van der Waals surface area contributed by atoms with Crippen LogP contribution in [0.2, 0.25) is 0 Å². The Morgan fingerprint density at radius 2 is 1.32 bits per heavy atom. The molecule has 0 saturated carbocycles. The molecule has 0 spiro atoms. The largest absolute Gasteiger partial charge is 0.445 e. The summed E-state index contributed by atoms with van der Waals surface area (Å²) in [4.78, 5) is 29.7. The summed E-state index contributed by atoms with van der Waals surface area (Å²) < 4.78 is 5.55. The normalized spacial score (nSPS) is 16.3. The molecule has 0 aromatic heterocycles. The number of rotatable bonds is 6. The average molecular weight is 415 g/mol. The molecule has 0 radical (unpaired) electrons. The van der Waals surface area contributed by atoms with Crippen LogP contribution < -0.4 is 0 Å². The maximum absolute atomic E-state index is 13.4. The van der Waals surface area contributed by atoms with Gasteiger partial charge in [-0.15, -0.1) is 0 Å². The Hall–Kier alpha value is -3.60. The zero-order valence-corrected chi connectivity index (χ0v) is 17.4. The Bertz CT molecular complexity index is 993. The maximum Gasteiger partial charge on any atom is 0.410 e. The first kappa shape index (κ1) is 20.7. The van der Waals surface area contributed by atoms with Crippen LogP contribution in [0.15, 0.2) is 91.0 Å². The molecule has 2 amide bonds. The lowest BCUT2D eigenvalue weighted by Gasteiger charge is -2.40. The van der Waals surface area contributed by atoms with Crippen LogP contribution in [0.5, 0.6) is 0 Å². The zero-order valence-electron chi connectivity index (χ0n) is 17.4. The summed E-state index contributed by atoms with van der Waals surface area (Å²) in [6, 6.07) is 28.7. The van der Waals surface area contributed by atoms with Crippen molar-refractivity contribution in [2.24, 2.45) is 0 Å². The zero-order chi connectivity index (χ0) is 21.5. The molecule has 5 heteroatoms. The van der Waals surface area contributed by atoms with Crippen molar-refractivity contribution in [1.29, 1.82) is 0 Å². The van der Waals surface area contributed by atoms with E-state index in [2.05, 4.69) is 0 Å². The number of nitrogens with zero attached hydrogens (tertiary/aromatic N) is 2. The van der Waals surface area contributed by atoms with E-state index in [1.54, 1.807) is 4.90 Å². The van der Waals surface area contributed by atoms with Crippen molar-refractivity contribution in [1.82, 2.24) is 9.80 Å². The van der Waals surface area contributed by atoms with Gasteiger partial charge in [0.05, 0.1) is 0 Å². The molecule has 31 heavy (non-hydrogen) atoms. The van der Waals surface area contributed by atoms with Crippen LogP contribution in [0.1, 0.15) is 16.7 Å². The third-order valence-corrected chi connectivity index (χ3v) is 5.51. The molecule has 1 fully saturated rings. The highest BCUT2D eigenvalue weighted by molar-refractivity contribution is 5.87. The second-order valence-corrected chi connectivity index (χ2v) is 7.68. The minimum absolute atomic E-state index is 0.0457. The molecule has 0 bridgehead atoms. The van der Waals surface area contributed by atoms with Crippen LogP contribution >= 0.6 is 0 Å². The summed E-state index contributed by atoms with van der Waals surface area (Å²) in [5.41, 5.74) is 3.02. The molecule has 0 N–H and O–H groups in total. The summed E-state index contributed by atoms with van der Waals surface area (Å²) in [6.07, 6.45) is 0.0169. The summed E-state index contributed by atoms with van der Waals surface area (Å²) in [6.45, 7) is 1.66. The Kier molecular flexibility index (Phi) is 6.62. The predicted octanol–water partition coefficient (Wildman–Crippen LogP) is 4.28. The van der Waals surface area contributed by atoms with Crippen LogP contribution in [0.3, 0.4) is 0 Å². The van der Waals surface area contributed by atoms with Gasteiger partial charge in [0.25, 0.3) is 0 Å². The summed E-state index contributed by atoms with van der Waals surface area (Å²) in [7, 11) is 0. The van der Waals surface area contributed by atoms with Gasteiger partial charge >= 0.3 is 6.09 Å². The summed E-state index contributed by atoms with van der Waals surface area (Å²) in [5.74, 6) is -0.0457. The fourth-order valence-electron chi connectivity index (χ4n) is 3.85. The van der Waals surface area contributed by atoms with E-state index in [1.165, 1.54) is 0 Å². The van der Waals surface area contributed by atoms with E-state index >= 15 is 0 Å². The van der Waals surface area contributed by atoms with E-state index in [-0.39, 0.29) is 12.5 Å². The van der Waals surface area contributed by atoms with E-state index < -0.39 is 12.1 Å². The van der Waals surface area contributed by atoms with Crippen LogP contribution in [0, 0.1) is 0 Å². The molecule has 3 aromatic rings. The first-order valence-corrected chi connectivity index (χ1v) is 10.5. The highest BCUT2D eigenvalue weighted by Crippen LogP contribution is 2.20. The van der Waals surface area contributed by atoms with Gasteiger partial charge in [-0.3, -0.25) is 9.69 Å². The molecular formula is C26H26N2O3. The molecule has 0 unspecified atom stereocenters. The van der Waals surface area contributed by atoms with Crippen molar-refractivity contribution < 1.29 is 14.3 Å². The predicted molar refractivity (Wildman–Crippen MR) is 119 cm³/mol. The fraction of sp³-hybridized carbons (Fsp3) is 0.231. The third-order valence-electron chi connectivity index (χ3n) is 5.51. The van der Waals surface area contributed by atoms with Gasteiger partial charge in [0, 0.05) is 26.1 Å². The quantitative estimate of drug-likeness (QED) is 0.605. The lowest BCUT2D eigenvalue weighted by Crippen LogP contribution is -2.59. The Morgan fingerprint density at radius 1 is 0.774 bits per heavy atom. The van der Waals surface area contributed by atoms with E-state index in [0.29, 0.717) is 26.1 Å². The van der Waals surface area contributed by atoms with Gasteiger partial charge in [-0.25, -0.2) is 4.79 Å². The molecule has 1 heterocycles. The first-order valence-electron chi connectivity index (χ1n) is 10.5. The molecule has 3 aromatic carbocycles. The van der Waals surface area contributed by atoms with Crippen molar-refractivity contribution in [3.8, 4) is 0 Å². The minimum atomic E-state index is -0.580. The number of benzene rings is 3. The van der Waals surface area contributed by atoms with Crippen LogP contribution in [0.4, 0.5) is 4.79 Å². The molecule has 1 aliphatic rings. The lowest BCUT2D eigenvalue weighted by atomic mass is 10.0. The lowest BCUT2D eigenvalue weighted by molar-refractivity contribution is -0.141. The van der Waals surface area contributed by atoms with Gasteiger partial charge in [0.15, 0.2) is 0 Å². The molecule has 158 valence electrons. The smallest absolute Gasteiger partial charge is 0.410 e. The van der Waals surface area contributed by atoms with Gasteiger partial charge in [-0.2, -0.15) is 0 Å². The van der Waals surface area contributed by atoms with Crippen molar-refractivity contribution in [2.75, 3.05) is 13.1 Å². The Labute approximate surface area is 182 Å². The Morgan fingerprint density at radius 3 is 1.94 bits per heavy atom. The standard InChI is InChI=1S/C26H26N2O3/c29-25-24(18-21-10-4-1-5-11-21)28(26(30)31-20-23-14-8-3-9-15-23)17-16-27(25)19-22-12-6-2-7-13-22/h1-15,24H,16-20H2/t24-/m1/s1. The van der Waals surface area contributed by atoms with Crippen molar-refractivity contribution in [2.45, 2.75) is 25.6 Å². The van der Waals surface area contributed by atoms with Gasteiger partial charge in [0.1, 0.15) is 12.6 Å². The number of hydrogen-bond donors (Lipinski definition) is 0. The molecule has 4 rings (SSSR count). The number of carbonyl (C=O) groups is 2. The van der Waals surface area contributed by atoms with E-state index in [1.807, 2.05) is 95.9 Å². The Balaban J connectivity index is 1.49. The van der Waals surface area contributed by atoms with E-state index in [4.69, 9.17) is 4.74 Å². The van der Waals surface area contributed by atoms with Gasteiger partial charge < -0.3 is 9.64 Å². The number of carbonyl (C=O) groups excluding carboxylic acids is 2. The number of hydrogen-bond acceptors (Lipinski definition) is 3. The fourth-order valence-corrected chi connectivity index (χ4v) is 3.85. The second-order valence-electron chi connectivity index (χ2n) is 7.68. The van der Waals surface area contributed by atoms with Crippen molar-refractivity contribution >= 4 is 12.0 Å². The van der Waals surface area contributed by atoms with E-state index in [9.17, 15) is 9.59 Å². The highest BCUT2D eigenvalue weighted by atomic mass is 16.6. The SMILES string of the molecule is O=C1[C@@H](Cc2ccccc2)N(C(=O)OCc2ccccc2)CCN1Cc1ccccc1. The van der Waals surface area contributed by atoms with Crippen LogP contribution in [-0.2, 0) is 29.1 Å². The molecule has 1 atom stereocenters. The average Bonchev–Trinajstić information content (AvgIpc) is 2.82. The summed E-state index contributed by atoms with van der Waals surface area (Å²) in [5, 5.41) is 0. The van der Waals surface area contributed by atoms with Crippen molar-refractivity contribution in [3.05, 3.63) is 108 Å².